The summed E-state index contributed by atoms with van der Waals surface area (Å²) < 4.78 is 0. The molecule has 1 amide bonds. The van der Waals surface area contributed by atoms with Crippen molar-refractivity contribution >= 4 is 17.7 Å². The average Bonchev–Trinajstić information content (AvgIpc) is 3.31. The molecule has 5 atom stereocenters. The van der Waals surface area contributed by atoms with Crippen LogP contribution in [-0.4, -0.2) is 11.9 Å². The zero-order valence-corrected chi connectivity index (χ0v) is 16.1. The number of carbonyl (C=O) groups excluding carboxylic acids is 1. The summed E-state index contributed by atoms with van der Waals surface area (Å²) >= 11 is 1.64. The highest BCUT2D eigenvalue weighted by Gasteiger charge is 2.42. The average molecular weight is 366 g/mol. The molecule has 4 rings (SSSR count). The van der Waals surface area contributed by atoms with E-state index >= 15 is 0 Å². The Bertz CT molecular complexity index is 732. The summed E-state index contributed by atoms with van der Waals surface area (Å²) in [7, 11) is 0. The molecule has 2 fully saturated rings. The number of hydrogen-bond acceptors (Lipinski definition) is 2. The second kappa shape index (κ2) is 7.87. The van der Waals surface area contributed by atoms with Gasteiger partial charge in [-0.2, -0.15) is 0 Å². The van der Waals surface area contributed by atoms with Crippen molar-refractivity contribution in [2.45, 2.75) is 48.8 Å². The van der Waals surface area contributed by atoms with Crippen molar-refractivity contribution in [1.82, 2.24) is 5.32 Å². The minimum Gasteiger partial charge on any atom is -0.352 e. The quantitative estimate of drug-likeness (QED) is 0.689. The molecule has 136 valence electrons. The number of rotatable bonds is 6. The number of hydrogen-bond donors (Lipinski definition) is 1. The lowest BCUT2D eigenvalue weighted by atomic mass is 9.84. The van der Waals surface area contributed by atoms with Crippen molar-refractivity contribution in [3.8, 4) is 0 Å². The zero-order valence-electron chi connectivity index (χ0n) is 15.3. The first kappa shape index (κ1) is 17.7. The van der Waals surface area contributed by atoms with E-state index in [1.165, 1.54) is 25.7 Å². The first-order valence-corrected chi connectivity index (χ1v) is 10.7. The Kier molecular flexibility index (Phi) is 5.35. The summed E-state index contributed by atoms with van der Waals surface area (Å²) in [6.07, 6.45) is 5.44. The second-order valence-electron chi connectivity index (χ2n) is 7.86. The largest absolute Gasteiger partial charge is 0.352 e. The van der Waals surface area contributed by atoms with Crippen LogP contribution in [0, 0.1) is 17.8 Å². The molecule has 3 heteroatoms. The van der Waals surface area contributed by atoms with Gasteiger partial charge in [-0.1, -0.05) is 55.0 Å². The third kappa shape index (κ3) is 3.83. The van der Waals surface area contributed by atoms with E-state index in [0.717, 1.165) is 22.3 Å². The van der Waals surface area contributed by atoms with Gasteiger partial charge in [-0.25, -0.2) is 0 Å². The fraction of sp³-hybridized carbons (Fsp3) is 0.435. The smallest absolute Gasteiger partial charge is 0.238 e. The van der Waals surface area contributed by atoms with Crippen molar-refractivity contribution in [3.05, 3.63) is 66.2 Å². The van der Waals surface area contributed by atoms with E-state index < -0.39 is 0 Å². The maximum Gasteiger partial charge on any atom is 0.238 e. The lowest BCUT2D eigenvalue weighted by Crippen LogP contribution is -2.41. The van der Waals surface area contributed by atoms with Crippen molar-refractivity contribution < 1.29 is 4.79 Å². The molecule has 2 bridgehead atoms. The molecular formula is C23H27NOS. The molecule has 0 aliphatic heterocycles. The number of carbonyl (C=O) groups is 1. The summed E-state index contributed by atoms with van der Waals surface area (Å²) in [5.41, 5.74) is 1.07. The maximum atomic E-state index is 13.2. The number of amides is 1. The molecule has 2 aromatic carbocycles. The predicted octanol–water partition coefficient (Wildman–Crippen LogP) is 5.46. The monoisotopic (exact) mass is 365 g/mol. The number of thioether (sulfide) groups is 1. The van der Waals surface area contributed by atoms with E-state index in [1.807, 2.05) is 36.4 Å². The van der Waals surface area contributed by atoms with E-state index in [0.29, 0.717) is 5.92 Å². The van der Waals surface area contributed by atoms with Crippen LogP contribution in [0.5, 0.6) is 0 Å². The maximum absolute atomic E-state index is 13.2. The van der Waals surface area contributed by atoms with Gasteiger partial charge in [0.1, 0.15) is 5.25 Å². The van der Waals surface area contributed by atoms with Gasteiger partial charge in [0, 0.05) is 10.9 Å². The van der Waals surface area contributed by atoms with Gasteiger partial charge in [0.25, 0.3) is 0 Å². The second-order valence-corrected chi connectivity index (χ2v) is 9.04. The van der Waals surface area contributed by atoms with Gasteiger partial charge in [-0.15, -0.1) is 11.8 Å². The molecule has 0 unspecified atom stereocenters. The summed E-state index contributed by atoms with van der Waals surface area (Å²) in [5, 5.41) is 3.16. The van der Waals surface area contributed by atoms with Gasteiger partial charge in [-0.05, 0) is 61.6 Å². The highest BCUT2D eigenvalue weighted by Crippen LogP contribution is 2.49. The van der Waals surface area contributed by atoms with Crippen molar-refractivity contribution in [3.63, 3.8) is 0 Å². The Morgan fingerprint density at radius 3 is 2.31 bits per heavy atom. The SMILES string of the molecule is C[C@H](NC(=O)[C@H](Sc1ccccc1)c1ccccc1)[C@@H]1C[C@H]2CC[C@H]1C2. The third-order valence-electron chi connectivity index (χ3n) is 6.14. The molecule has 2 saturated carbocycles. The predicted molar refractivity (Wildman–Crippen MR) is 108 cm³/mol. The Hall–Kier alpha value is -1.74. The van der Waals surface area contributed by atoms with Crippen LogP contribution in [0.15, 0.2) is 65.6 Å². The normalized spacial score (nSPS) is 26.4. The lowest BCUT2D eigenvalue weighted by Gasteiger charge is -2.30. The molecule has 2 aromatic rings. The van der Waals surface area contributed by atoms with Gasteiger partial charge >= 0.3 is 0 Å². The molecule has 0 spiro atoms. The van der Waals surface area contributed by atoms with Gasteiger partial charge in [0.05, 0.1) is 0 Å². The minimum absolute atomic E-state index is 0.139. The Balaban J connectivity index is 1.48. The van der Waals surface area contributed by atoms with Crippen molar-refractivity contribution in [2.75, 3.05) is 0 Å². The number of benzene rings is 2. The molecule has 26 heavy (non-hydrogen) atoms. The van der Waals surface area contributed by atoms with Crippen LogP contribution in [0.4, 0.5) is 0 Å². The Morgan fingerprint density at radius 2 is 1.69 bits per heavy atom. The van der Waals surface area contributed by atoms with E-state index in [1.54, 1.807) is 11.8 Å². The van der Waals surface area contributed by atoms with E-state index in [2.05, 4.69) is 36.5 Å². The van der Waals surface area contributed by atoms with Crippen molar-refractivity contribution in [2.24, 2.45) is 17.8 Å². The molecule has 0 aromatic heterocycles. The van der Waals surface area contributed by atoms with Gasteiger partial charge in [-0.3, -0.25) is 4.79 Å². The van der Waals surface area contributed by atoms with Crippen LogP contribution in [0.3, 0.4) is 0 Å². The molecular weight excluding hydrogens is 338 g/mol. The van der Waals surface area contributed by atoms with E-state index in [-0.39, 0.29) is 17.2 Å². The van der Waals surface area contributed by atoms with Gasteiger partial charge in [0.15, 0.2) is 0 Å². The summed E-state index contributed by atoms with van der Waals surface area (Å²) in [5.74, 6) is 2.54. The fourth-order valence-electron chi connectivity index (χ4n) is 4.85. The van der Waals surface area contributed by atoms with Crippen LogP contribution >= 0.6 is 11.8 Å². The lowest BCUT2D eigenvalue weighted by molar-refractivity contribution is -0.121. The molecule has 0 saturated heterocycles. The third-order valence-corrected chi connectivity index (χ3v) is 7.41. The summed E-state index contributed by atoms with van der Waals surface area (Å²) in [6.45, 7) is 2.21. The minimum atomic E-state index is -0.209. The molecule has 0 radical (unpaired) electrons. The first-order valence-electron chi connectivity index (χ1n) is 9.77. The molecule has 2 nitrogen and oxygen atoms in total. The molecule has 0 heterocycles. The highest BCUT2D eigenvalue weighted by molar-refractivity contribution is 8.00. The fourth-order valence-corrected chi connectivity index (χ4v) is 5.90. The summed E-state index contributed by atoms with van der Waals surface area (Å²) in [4.78, 5) is 14.3. The molecule has 1 N–H and O–H groups in total. The Labute approximate surface area is 160 Å². The molecule has 2 aliphatic rings. The first-order chi connectivity index (χ1) is 12.7. The van der Waals surface area contributed by atoms with E-state index in [4.69, 9.17) is 0 Å². The summed E-state index contributed by atoms with van der Waals surface area (Å²) in [6, 6.07) is 20.6. The van der Waals surface area contributed by atoms with Crippen LogP contribution in [-0.2, 0) is 4.79 Å². The van der Waals surface area contributed by atoms with Crippen molar-refractivity contribution in [1.29, 1.82) is 0 Å². The zero-order chi connectivity index (χ0) is 17.9. The molecule has 2 aliphatic carbocycles. The highest BCUT2D eigenvalue weighted by atomic mass is 32.2. The van der Waals surface area contributed by atoms with Crippen LogP contribution in [0.25, 0.3) is 0 Å². The Morgan fingerprint density at radius 1 is 1.00 bits per heavy atom. The number of nitrogens with one attached hydrogen (secondary N) is 1. The van der Waals surface area contributed by atoms with Crippen LogP contribution < -0.4 is 5.32 Å². The standard InChI is InChI=1S/C23H27NOS/c1-16(21-15-17-12-13-19(21)14-17)24-23(25)22(18-8-4-2-5-9-18)26-20-10-6-3-7-11-20/h2-11,16-17,19,21-22H,12-15H2,1H3,(H,24,25)/t16-,17-,19-,21-,22+/m0/s1. The van der Waals surface area contributed by atoms with E-state index in [9.17, 15) is 4.79 Å². The van der Waals surface area contributed by atoms with Gasteiger partial charge in [0.2, 0.25) is 5.91 Å². The van der Waals surface area contributed by atoms with Crippen LogP contribution in [0.1, 0.15) is 43.4 Å². The number of fused-ring (bicyclic) bond motifs is 2. The van der Waals surface area contributed by atoms with Gasteiger partial charge < -0.3 is 5.32 Å². The topological polar surface area (TPSA) is 29.1 Å². The van der Waals surface area contributed by atoms with Crippen LogP contribution in [0.2, 0.25) is 0 Å².